The molecule has 0 saturated carbocycles. The van der Waals surface area contributed by atoms with E-state index in [9.17, 15) is 0 Å². The summed E-state index contributed by atoms with van der Waals surface area (Å²) in [7, 11) is 0.236. The van der Waals surface area contributed by atoms with E-state index in [0.29, 0.717) is 0 Å². The molecule has 0 aliphatic rings. The molecule has 2 rings (SSSR count). The fraction of sp³-hybridized carbons (Fsp3) is 0.500. The van der Waals surface area contributed by atoms with Gasteiger partial charge in [0, 0.05) is 0 Å². The van der Waals surface area contributed by atoms with E-state index < -0.39 is 0 Å². The molecule has 0 aromatic heterocycles. The van der Waals surface area contributed by atoms with Gasteiger partial charge in [-0.3, -0.25) is 0 Å². The van der Waals surface area contributed by atoms with Gasteiger partial charge in [-0.2, -0.15) is 0 Å². The van der Waals surface area contributed by atoms with E-state index in [2.05, 4.69) is 52.0 Å². The lowest BCUT2D eigenvalue weighted by atomic mass is 10.0. The summed E-state index contributed by atoms with van der Waals surface area (Å²) in [4.78, 5) is 0. The quantitative estimate of drug-likeness (QED) is 0.407. The maximum Gasteiger partial charge on any atom is 0.576 e. The number of rotatable bonds is 12. The normalized spacial score (nSPS) is 11.0. The number of hydrogen-bond donors (Lipinski definition) is 0. The van der Waals surface area contributed by atoms with Gasteiger partial charge < -0.3 is 9.31 Å². The second-order valence-electron chi connectivity index (χ2n) is 8.27. The van der Waals surface area contributed by atoms with Crippen molar-refractivity contribution in [2.45, 2.75) is 66.2 Å². The van der Waals surface area contributed by atoms with Crippen LogP contribution in [0.3, 0.4) is 0 Å². The minimum atomic E-state index is 0.236. The fourth-order valence-corrected chi connectivity index (χ4v) is 3.10. The molecule has 0 bridgehead atoms. The van der Waals surface area contributed by atoms with Crippen molar-refractivity contribution in [2.24, 2.45) is 11.8 Å². The van der Waals surface area contributed by atoms with E-state index in [0.717, 1.165) is 36.2 Å². The van der Waals surface area contributed by atoms with Crippen LogP contribution in [0, 0.1) is 11.8 Å². The summed E-state index contributed by atoms with van der Waals surface area (Å²) in [6.45, 7) is 9.10. The summed E-state index contributed by atoms with van der Waals surface area (Å²) in [6.07, 6.45) is 7.32. The van der Waals surface area contributed by atoms with Gasteiger partial charge in [0.2, 0.25) is 0 Å². The summed E-state index contributed by atoms with van der Waals surface area (Å²) in [5, 5.41) is 0. The minimum absolute atomic E-state index is 0.236. The third-order valence-electron chi connectivity index (χ3n) is 4.79. The molecule has 2 aromatic rings. The number of aryl methyl sites for hydroxylation is 2. The molecule has 0 spiro atoms. The first-order valence-electron chi connectivity index (χ1n) is 10.5. The topological polar surface area (TPSA) is 18.5 Å². The molecule has 0 atom stereocenters. The van der Waals surface area contributed by atoms with E-state index >= 15 is 0 Å². The van der Waals surface area contributed by atoms with Crippen LogP contribution in [-0.4, -0.2) is 7.69 Å². The van der Waals surface area contributed by atoms with Crippen molar-refractivity contribution in [1.29, 1.82) is 0 Å². The molecule has 0 radical (unpaired) electrons. The maximum absolute atomic E-state index is 5.71. The lowest BCUT2D eigenvalue weighted by molar-refractivity contribution is 0.458. The Hall–Kier alpha value is -1.90. The van der Waals surface area contributed by atoms with Crippen LogP contribution >= 0.6 is 0 Å². The van der Waals surface area contributed by atoms with Crippen LogP contribution in [0.5, 0.6) is 11.5 Å². The lowest BCUT2D eigenvalue weighted by Crippen LogP contribution is -2.10. The Morgan fingerprint density at radius 2 is 1.00 bits per heavy atom. The van der Waals surface area contributed by atoms with Gasteiger partial charge in [-0.25, -0.2) is 0 Å². The van der Waals surface area contributed by atoms with Gasteiger partial charge in [-0.15, -0.1) is 0 Å². The Balaban J connectivity index is 1.68. The molecular weight excluding hydrogens is 331 g/mol. The van der Waals surface area contributed by atoms with E-state index in [1.165, 1.54) is 36.8 Å². The standard InChI is InChI=1S/C24H35BO2/c1-19(2)7-5-9-21-11-15-23(16-12-21)26-25-27-24-17-13-22(14-18-24)10-6-8-20(3)4/h11-20,25H,5-10H2,1-4H3. The van der Waals surface area contributed by atoms with Crippen LogP contribution in [0.25, 0.3) is 0 Å². The zero-order valence-corrected chi connectivity index (χ0v) is 17.5. The van der Waals surface area contributed by atoms with Gasteiger partial charge in [0.25, 0.3) is 0 Å². The Labute approximate surface area is 166 Å². The minimum Gasteiger partial charge on any atom is -0.529 e. The van der Waals surface area contributed by atoms with Gasteiger partial charge in [-0.05, 0) is 72.9 Å². The summed E-state index contributed by atoms with van der Waals surface area (Å²) < 4.78 is 11.4. The Morgan fingerprint density at radius 1 is 0.630 bits per heavy atom. The Morgan fingerprint density at radius 3 is 1.33 bits per heavy atom. The molecule has 3 heteroatoms. The van der Waals surface area contributed by atoms with Crippen molar-refractivity contribution in [3.63, 3.8) is 0 Å². The van der Waals surface area contributed by atoms with Crippen LogP contribution in [0.4, 0.5) is 0 Å². The predicted octanol–water partition coefficient (Wildman–Crippen LogP) is 6.37. The summed E-state index contributed by atoms with van der Waals surface area (Å²) in [5.41, 5.74) is 2.74. The zero-order chi connectivity index (χ0) is 19.5. The van der Waals surface area contributed by atoms with Crippen molar-refractivity contribution in [1.82, 2.24) is 0 Å². The smallest absolute Gasteiger partial charge is 0.529 e. The SMILES string of the molecule is CC(C)CCCc1ccc(OBOc2ccc(CCCC(C)C)cc2)cc1. The second-order valence-corrected chi connectivity index (χ2v) is 8.27. The molecule has 0 N–H and O–H groups in total. The Kier molecular flexibility index (Phi) is 9.31. The highest BCUT2D eigenvalue weighted by Crippen LogP contribution is 2.17. The van der Waals surface area contributed by atoms with Crippen molar-refractivity contribution in [3.05, 3.63) is 59.7 Å². The van der Waals surface area contributed by atoms with Crippen molar-refractivity contribution >= 4 is 7.69 Å². The zero-order valence-electron chi connectivity index (χ0n) is 17.5. The molecule has 0 fully saturated rings. The highest BCUT2D eigenvalue weighted by atomic mass is 16.6. The molecule has 0 aliphatic carbocycles. The molecule has 146 valence electrons. The monoisotopic (exact) mass is 366 g/mol. The highest BCUT2D eigenvalue weighted by molar-refractivity contribution is 6.20. The number of hydrogen-bond acceptors (Lipinski definition) is 2. The van der Waals surface area contributed by atoms with Crippen molar-refractivity contribution in [2.75, 3.05) is 0 Å². The molecule has 0 amide bonds. The average Bonchev–Trinajstić information content (AvgIpc) is 2.64. The largest absolute Gasteiger partial charge is 0.576 e. The molecule has 2 aromatic carbocycles. The molecular formula is C24H35BO2. The second kappa shape index (κ2) is 11.7. The fourth-order valence-electron chi connectivity index (χ4n) is 3.10. The van der Waals surface area contributed by atoms with Crippen molar-refractivity contribution in [3.8, 4) is 11.5 Å². The van der Waals surface area contributed by atoms with Gasteiger partial charge in [0.05, 0.1) is 0 Å². The summed E-state index contributed by atoms with van der Waals surface area (Å²) in [6, 6.07) is 16.8. The first-order valence-corrected chi connectivity index (χ1v) is 10.5. The van der Waals surface area contributed by atoms with Crippen LogP contribution in [0.15, 0.2) is 48.5 Å². The van der Waals surface area contributed by atoms with Gasteiger partial charge >= 0.3 is 7.69 Å². The van der Waals surface area contributed by atoms with Crippen LogP contribution in [-0.2, 0) is 12.8 Å². The third-order valence-corrected chi connectivity index (χ3v) is 4.79. The summed E-state index contributed by atoms with van der Waals surface area (Å²) >= 11 is 0. The van der Waals surface area contributed by atoms with Crippen molar-refractivity contribution < 1.29 is 9.31 Å². The van der Waals surface area contributed by atoms with Gasteiger partial charge in [0.15, 0.2) is 0 Å². The molecule has 0 heterocycles. The van der Waals surface area contributed by atoms with Crippen LogP contribution < -0.4 is 9.31 Å². The maximum atomic E-state index is 5.71. The summed E-state index contributed by atoms with van der Waals surface area (Å²) in [5.74, 6) is 3.26. The molecule has 0 unspecified atom stereocenters. The third kappa shape index (κ3) is 9.04. The average molecular weight is 366 g/mol. The molecule has 27 heavy (non-hydrogen) atoms. The van der Waals surface area contributed by atoms with E-state index in [1.807, 2.05) is 24.3 Å². The van der Waals surface area contributed by atoms with Crippen LogP contribution in [0.1, 0.15) is 64.5 Å². The molecule has 0 saturated heterocycles. The van der Waals surface area contributed by atoms with E-state index in [1.54, 1.807) is 0 Å². The van der Waals surface area contributed by atoms with Gasteiger partial charge in [0.1, 0.15) is 11.5 Å². The van der Waals surface area contributed by atoms with E-state index in [4.69, 9.17) is 9.31 Å². The van der Waals surface area contributed by atoms with Gasteiger partial charge in [-0.1, -0.05) is 64.8 Å². The predicted molar refractivity (Wildman–Crippen MR) is 117 cm³/mol. The lowest BCUT2D eigenvalue weighted by Gasteiger charge is -2.10. The van der Waals surface area contributed by atoms with E-state index in [-0.39, 0.29) is 7.69 Å². The van der Waals surface area contributed by atoms with Crippen LogP contribution in [0.2, 0.25) is 0 Å². The Bertz CT molecular complexity index is 575. The molecule has 0 aliphatic heterocycles. The highest BCUT2D eigenvalue weighted by Gasteiger charge is 2.02. The first-order chi connectivity index (χ1) is 13.0. The first kappa shape index (κ1) is 21.4. The molecule has 2 nitrogen and oxygen atoms in total. The number of benzene rings is 2.